The molecule has 2 N–H and O–H groups in total. The molecule has 1 aromatic heterocycles. The number of anilines is 1. The van der Waals surface area contributed by atoms with Crippen molar-refractivity contribution < 1.29 is 19.1 Å². The molecule has 0 bridgehead atoms. The Morgan fingerprint density at radius 3 is 2.61 bits per heavy atom. The summed E-state index contributed by atoms with van der Waals surface area (Å²) in [5.74, 6) is -0.278. The summed E-state index contributed by atoms with van der Waals surface area (Å²) >= 11 is 1.50. The van der Waals surface area contributed by atoms with Gasteiger partial charge in [-0.3, -0.25) is 14.5 Å². The summed E-state index contributed by atoms with van der Waals surface area (Å²) in [5, 5.41) is 6.62. The molecule has 2 amide bonds. The molecule has 1 aliphatic carbocycles. The van der Waals surface area contributed by atoms with Crippen LogP contribution in [0.2, 0.25) is 0 Å². The van der Waals surface area contributed by atoms with Gasteiger partial charge >= 0.3 is 5.97 Å². The van der Waals surface area contributed by atoms with Crippen LogP contribution < -0.4 is 10.6 Å². The maximum Gasteiger partial charge on any atom is 0.341 e. The van der Waals surface area contributed by atoms with E-state index < -0.39 is 0 Å². The second kappa shape index (κ2) is 11.6. The van der Waals surface area contributed by atoms with Crippen LogP contribution in [0.5, 0.6) is 0 Å². The molecule has 0 radical (unpaired) electrons. The van der Waals surface area contributed by atoms with Gasteiger partial charge in [-0.1, -0.05) is 19.8 Å². The number of thiophene rings is 1. The number of nitrogens with zero attached hydrogens (tertiary/aromatic N) is 1. The molecule has 0 atom stereocenters. The highest BCUT2D eigenvalue weighted by molar-refractivity contribution is 7.17. The lowest BCUT2D eigenvalue weighted by Gasteiger charge is -2.30. The second-order valence-electron chi connectivity index (χ2n) is 8.38. The van der Waals surface area contributed by atoms with E-state index in [2.05, 4.69) is 22.5 Å². The molecule has 2 aliphatic rings. The Labute approximate surface area is 188 Å². The highest BCUT2D eigenvalue weighted by atomic mass is 32.1. The Kier molecular flexibility index (Phi) is 8.90. The number of carbonyl (C=O) groups is 3. The van der Waals surface area contributed by atoms with Crippen molar-refractivity contribution in [1.29, 1.82) is 0 Å². The molecule has 1 fully saturated rings. The summed E-state index contributed by atoms with van der Waals surface area (Å²) < 4.78 is 5.23. The monoisotopic (exact) mass is 449 g/mol. The van der Waals surface area contributed by atoms with Crippen molar-refractivity contribution in [2.75, 3.05) is 38.1 Å². The van der Waals surface area contributed by atoms with Crippen molar-refractivity contribution in [2.24, 2.45) is 5.92 Å². The number of nitrogens with one attached hydrogen (secondary N) is 2. The van der Waals surface area contributed by atoms with E-state index in [0.717, 1.165) is 76.6 Å². The topological polar surface area (TPSA) is 87.7 Å². The molecule has 7 nitrogen and oxygen atoms in total. The lowest BCUT2D eigenvalue weighted by molar-refractivity contribution is -0.126. The van der Waals surface area contributed by atoms with Crippen molar-refractivity contribution in [3.8, 4) is 0 Å². The molecule has 0 saturated carbocycles. The molecule has 1 aromatic rings. The third-order valence-corrected chi connectivity index (χ3v) is 7.27. The molecule has 2 heterocycles. The Bertz CT molecular complexity index is 784. The quantitative estimate of drug-likeness (QED) is 0.422. The zero-order valence-electron chi connectivity index (χ0n) is 18.8. The van der Waals surface area contributed by atoms with Crippen LogP contribution in [0.3, 0.4) is 0 Å². The third kappa shape index (κ3) is 6.29. The van der Waals surface area contributed by atoms with Crippen LogP contribution in [0.25, 0.3) is 0 Å². The van der Waals surface area contributed by atoms with E-state index in [1.807, 2.05) is 0 Å². The van der Waals surface area contributed by atoms with E-state index in [1.54, 1.807) is 6.92 Å². The maximum atomic E-state index is 12.7. The molecular weight excluding hydrogens is 414 g/mol. The molecule has 1 aliphatic heterocycles. The largest absolute Gasteiger partial charge is 0.462 e. The van der Waals surface area contributed by atoms with E-state index in [0.29, 0.717) is 17.2 Å². The van der Waals surface area contributed by atoms with Gasteiger partial charge < -0.3 is 15.4 Å². The van der Waals surface area contributed by atoms with Gasteiger partial charge in [0.15, 0.2) is 0 Å². The molecule has 0 aromatic carbocycles. The van der Waals surface area contributed by atoms with Crippen LogP contribution in [0, 0.1) is 5.92 Å². The van der Waals surface area contributed by atoms with Crippen molar-refractivity contribution >= 4 is 34.1 Å². The van der Waals surface area contributed by atoms with Gasteiger partial charge in [-0.15, -0.1) is 11.3 Å². The number of fused-ring (bicyclic) bond motifs is 1. The minimum Gasteiger partial charge on any atom is -0.462 e. The van der Waals surface area contributed by atoms with Crippen LogP contribution in [-0.2, 0) is 27.2 Å². The zero-order valence-corrected chi connectivity index (χ0v) is 19.6. The van der Waals surface area contributed by atoms with Gasteiger partial charge in [0, 0.05) is 17.3 Å². The smallest absolute Gasteiger partial charge is 0.341 e. The minimum atomic E-state index is -0.344. The molecular formula is C23H35N3O4S. The standard InChI is InChI=1S/C23H35N3O4S/c1-3-5-6-12-24-21(28)16-10-13-26(14-11-16)15-19(27)25-22-20(23(29)30-4-2)17-8-7-9-18(17)31-22/h16H,3-15H2,1-2H3,(H,24,28)(H,25,27). The summed E-state index contributed by atoms with van der Waals surface area (Å²) in [6, 6.07) is 0. The molecule has 8 heteroatoms. The molecule has 0 spiro atoms. The van der Waals surface area contributed by atoms with Gasteiger partial charge in [0.05, 0.1) is 18.7 Å². The van der Waals surface area contributed by atoms with E-state index in [4.69, 9.17) is 4.74 Å². The van der Waals surface area contributed by atoms with Gasteiger partial charge in [-0.05, 0) is 64.1 Å². The highest BCUT2D eigenvalue weighted by Crippen LogP contribution is 2.39. The molecule has 3 rings (SSSR count). The van der Waals surface area contributed by atoms with Gasteiger partial charge in [-0.25, -0.2) is 4.79 Å². The first-order chi connectivity index (χ1) is 15.0. The predicted octanol–water partition coefficient (Wildman–Crippen LogP) is 3.37. The van der Waals surface area contributed by atoms with Crippen molar-refractivity contribution in [3.63, 3.8) is 0 Å². The van der Waals surface area contributed by atoms with Crippen molar-refractivity contribution in [3.05, 3.63) is 16.0 Å². The van der Waals surface area contributed by atoms with Gasteiger partial charge in [0.25, 0.3) is 0 Å². The lowest BCUT2D eigenvalue weighted by Crippen LogP contribution is -2.43. The van der Waals surface area contributed by atoms with Gasteiger partial charge in [-0.2, -0.15) is 0 Å². The Balaban J connectivity index is 1.48. The highest BCUT2D eigenvalue weighted by Gasteiger charge is 2.29. The van der Waals surface area contributed by atoms with E-state index in [1.165, 1.54) is 16.2 Å². The fraction of sp³-hybridized carbons (Fsp3) is 0.696. The SMILES string of the molecule is CCCCCNC(=O)C1CCN(CC(=O)Nc2sc3c(c2C(=O)OCC)CCC3)CC1. The first kappa shape index (κ1) is 23.7. The van der Waals surface area contributed by atoms with E-state index >= 15 is 0 Å². The van der Waals surface area contributed by atoms with Crippen LogP contribution >= 0.6 is 11.3 Å². The van der Waals surface area contributed by atoms with Crippen LogP contribution in [0.1, 0.15) is 73.2 Å². The Morgan fingerprint density at radius 1 is 1.13 bits per heavy atom. The number of piperidine rings is 1. The van der Waals surface area contributed by atoms with E-state index in [9.17, 15) is 14.4 Å². The molecule has 31 heavy (non-hydrogen) atoms. The fourth-order valence-electron chi connectivity index (χ4n) is 4.36. The predicted molar refractivity (Wildman–Crippen MR) is 123 cm³/mol. The molecule has 0 unspecified atom stereocenters. The Hall–Kier alpha value is -1.93. The maximum absolute atomic E-state index is 12.7. The summed E-state index contributed by atoms with van der Waals surface area (Å²) in [4.78, 5) is 40.7. The number of rotatable bonds is 10. The number of amides is 2. The van der Waals surface area contributed by atoms with Gasteiger partial charge in [0.1, 0.15) is 5.00 Å². The summed E-state index contributed by atoms with van der Waals surface area (Å²) in [5.41, 5.74) is 1.59. The van der Waals surface area contributed by atoms with Crippen LogP contribution in [0.4, 0.5) is 5.00 Å². The minimum absolute atomic E-state index is 0.0385. The number of aryl methyl sites for hydroxylation is 1. The molecule has 172 valence electrons. The van der Waals surface area contributed by atoms with Crippen molar-refractivity contribution in [1.82, 2.24) is 10.2 Å². The first-order valence-corrected chi connectivity index (χ1v) is 12.5. The van der Waals surface area contributed by atoms with Crippen LogP contribution in [0.15, 0.2) is 0 Å². The Morgan fingerprint density at radius 2 is 1.90 bits per heavy atom. The zero-order chi connectivity index (χ0) is 22.2. The number of unbranched alkanes of at least 4 members (excludes halogenated alkanes) is 2. The first-order valence-electron chi connectivity index (χ1n) is 11.6. The third-order valence-electron chi connectivity index (χ3n) is 6.06. The number of hydrogen-bond acceptors (Lipinski definition) is 6. The number of hydrogen-bond donors (Lipinski definition) is 2. The van der Waals surface area contributed by atoms with E-state index in [-0.39, 0.29) is 30.2 Å². The number of carbonyl (C=O) groups excluding carboxylic acids is 3. The summed E-state index contributed by atoms with van der Waals surface area (Å²) in [6.07, 6.45) is 7.72. The van der Waals surface area contributed by atoms with Gasteiger partial charge in [0.2, 0.25) is 11.8 Å². The second-order valence-corrected chi connectivity index (χ2v) is 9.48. The average Bonchev–Trinajstić information content (AvgIpc) is 3.32. The normalized spacial score (nSPS) is 16.7. The number of likely N-dealkylation sites (tertiary alicyclic amines) is 1. The average molecular weight is 450 g/mol. The number of esters is 1. The van der Waals surface area contributed by atoms with Crippen molar-refractivity contribution in [2.45, 2.75) is 65.2 Å². The fourth-order valence-corrected chi connectivity index (χ4v) is 5.66. The summed E-state index contributed by atoms with van der Waals surface area (Å²) in [6.45, 7) is 6.74. The molecule has 1 saturated heterocycles. The number of ether oxygens (including phenoxy) is 1. The van der Waals surface area contributed by atoms with Crippen LogP contribution in [-0.4, -0.2) is 55.5 Å². The lowest BCUT2D eigenvalue weighted by atomic mass is 9.96. The summed E-state index contributed by atoms with van der Waals surface area (Å²) in [7, 11) is 0.